The number of nitrogens with zero attached hydrogens (tertiary/aromatic N) is 4. The van der Waals surface area contributed by atoms with Crippen LogP contribution in [0.2, 0.25) is 10.0 Å². The summed E-state index contributed by atoms with van der Waals surface area (Å²) in [7, 11) is 0. The molecule has 1 aliphatic rings. The van der Waals surface area contributed by atoms with E-state index in [4.69, 9.17) is 27.9 Å². The molecule has 0 bridgehead atoms. The molecular weight excluding hydrogens is 525 g/mol. The van der Waals surface area contributed by atoms with Gasteiger partial charge in [0.05, 0.1) is 16.3 Å². The zero-order chi connectivity index (χ0) is 24.9. The summed E-state index contributed by atoms with van der Waals surface area (Å²) in [4.78, 5) is 13.9. The number of thiophene rings is 1. The van der Waals surface area contributed by atoms with Crippen LogP contribution >= 0.6 is 46.3 Å². The van der Waals surface area contributed by atoms with Gasteiger partial charge in [0.15, 0.2) is 11.0 Å². The van der Waals surface area contributed by atoms with E-state index in [1.807, 2.05) is 4.57 Å². The van der Waals surface area contributed by atoms with Gasteiger partial charge in [-0.25, -0.2) is 0 Å². The maximum Gasteiger partial charge on any atom is 0.235 e. The van der Waals surface area contributed by atoms with Crippen molar-refractivity contribution in [3.63, 3.8) is 0 Å². The number of carbonyl (C=O) groups is 1. The molecule has 4 rings (SSSR count). The first-order valence-electron chi connectivity index (χ1n) is 11.0. The van der Waals surface area contributed by atoms with Crippen LogP contribution in [0.4, 0.5) is 5.00 Å². The Morgan fingerprint density at radius 1 is 1.46 bits per heavy atom. The molecule has 2 aromatic heterocycles. The lowest BCUT2D eigenvalue weighted by atomic mass is 9.89. The van der Waals surface area contributed by atoms with Crippen LogP contribution in [0.15, 0.2) is 36.0 Å². The number of aromatic nitrogens is 3. The number of nitrogens with one attached hydrogen (secondary N) is 1. The number of halogens is 2. The van der Waals surface area contributed by atoms with Crippen LogP contribution in [0.1, 0.15) is 35.2 Å². The number of nitriles is 1. The highest BCUT2D eigenvalue weighted by Crippen LogP contribution is 2.39. The number of fused-ring (bicyclic) bond motifs is 1. The van der Waals surface area contributed by atoms with Gasteiger partial charge in [-0.1, -0.05) is 48.0 Å². The lowest BCUT2D eigenvalue weighted by molar-refractivity contribution is -0.113. The van der Waals surface area contributed by atoms with E-state index in [0.29, 0.717) is 49.8 Å². The maximum atomic E-state index is 12.7. The van der Waals surface area contributed by atoms with Crippen LogP contribution in [0.25, 0.3) is 0 Å². The Hall–Kier alpha value is -2.51. The van der Waals surface area contributed by atoms with E-state index in [1.54, 1.807) is 24.3 Å². The van der Waals surface area contributed by atoms with E-state index in [9.17, 15) is 10.1 Å². The Morgan fingerprint density at radius 3 is 3.03 bits per heavy atom. The number of rotatable bonds is 9. The molecule has 11 heteroatoms. The second-order valence-electron chi connectivity index (χ2n) is 8.17. The van der Waals surface area contributed by atoms with Crippen molar-refractivity contribution >= 4 is 57.2 Å². The lowest BCUT2D eigenvalue weighted by Crippen LogP contribution is -2.15. The Labute approximate surface area is 222 Å². The zero-order valence-corrected chi connectivity index (χ0v) is 22.2. The third kappa shape index (κ3) is 6.01. The Morgan fingerprint density at radius 2 is 2.29 bits per heavy atom. The Kier molecular flexibility index (Phi) is 8.39. The molecule has 0 spiro atoms. The smallest absolute Gasteiger partial charge is 0.235 e. The summed E-state index contributed by atoms with van der Waals surface area (Å²) in [6.45, 7) is 6.61. The summed E-state index contributed by atoms with van der Waals surface area (Å²) in [6, 6.07) is 7.27. The molecule has 0 radical (unpaired) electrons. The summed E-state index contributed by atoms with van der Waals surface area (Å²) in [5, 5.41) is 23.2. The van der Waals surface area contributed by atoms with Crippen LogP contribution in [-0.2, 0) is 30.8 Å². The second-order valence-corrected chi connectivity index (χ2v) is 11.1. The highest BCUT2D eigenvalue weighted by Gasteiger charge is 2.25. The Balaban J connectivity index is 1.40. The normalized spacial score (nSPS) is 14.7. The minimum Gasteiger partial charge on any atom is -0.484 e. The predicted molar refractivity (Wildman–Crippen MR) is 141 cm³/mol. The van der Waals surface area contributed by atoms with Gasteiger partial charge in [-0.15, -0.1) is 28.1 Å². The number of allylic oxidation sites excluding steroid dienone is 1. The van der Waals surface area contributed by atoms with Crippen LogP contribution < -0.4 is 10.1 Å². The highest BCUT2D eigenvalue weighted by molar-refractivity contribution is 7.99. The molecule has 3 aromatic rings. The van der Waals surface area contributed by atoms with Crippen molar-refractivity contribution in [3.05, 3.63) is 62.7 Å². The molecule has 1 unspecified atom stereocenters. The van der Waals surface area contributed by atoms with Crippen molar-refractivity contribution in [3.8, 4) is 11.8 Å². The topological polar surface area (TPSA) is 92.8 Å². The van der Waals surface area contributed by atoms with E-state index in [0.717, 1.165) is 24.8 Å². The fraction of sp³-hybridized carbons (Fsp3) is 0.333. The fourth-order valence-corrected chi connectivity index (χ4v) is 6.44. The van der Waals surface area contributed by atoms with Crippen LogP contribution in [0.3, 0.4) is 0 Å². The van der Waals surface area contributed by atoms with E-state index >= 15 is 0 Å². The van der Waals surface area contributed by atoms with E-state index in [1.165, 1.54) is 28.0 Å². The predicted octanol–water partition coefficient (Wildman–Crippen LogP) is 6.14. The second kappa shape index (κ2) is 11.5. The Bertz CT molecular complexity index is 1300. The third-order valence-corrected chi connectivity index (χ3v) is 8.23. The molecule has 182 valence electrons. The van der Waals surface area contributed by atoms with Crippen molar-refractivity contribution in [1.82, 2.24) is 14.8 Å². The van der Waals surface area contributed by atoms with E-state index in [-0.39, 0.29) is 18.3 Å². The molecule has 0 fully saturated rings. The van der Waals surface area contributed by atoms with Gasteiger partial charge in [0.25, 0.3) is 0 Å². The average Bonchev–Trinajstić information content (AvgIpc) is 3.36. The molecule has 1 atom stereocenters. The van der Waals surface area contributed by atoms with Crippen LogP contribution in [0, 0.1) is 17.2 Å². The number of anilines is 1. The highest BCUT2D eigenvalue weighted by atomic mass is 35.5. The molecule has 0 saturated heterocycles. The monoisotopic (exact) mass is 547 g/mol. The van der Waals surface area contributed by atoms with Gasteiger partial charge < -0.3 is 10.1 Å². The summed E-state index contributed by atoms with van der Waals surface area (Å²) >= 11 is 14.9. The van der Waals surface area contributed by atoms with Gasteiger partial charge in [-0.2, -0.15) is 5.26 Å². The molecule has 0 aliphatic heterocycles. The molecule has 35 heavy (non-hydrogen) atoms. The molecule has 1 N–H and O–H groups in total. The molecular formula is C24H23Cl2N5O2S2. The largest absolute Gasteiger partial charge is 0.484 e. The third-order valence-electron chi connectivity index (χ3n) is 5.56. The standard InChI is InChI=1S/C24H23Cl2N5O2S2/c1-3-8-31-21(12-33-19-7-5-15(25)10-18(19)26)29-30-24(31)34-13-22(32)28-23-17(11-27)16-6-4-14(2)9-20(16)35-23/h3,5,7,10,14H,1,4,6,8-9,12-13H2,2H3,(H,28,32). The minimum atomic E-state index is -0.197. The molecule has 7 nitrogen and oxygen atoms in total. The van der Waals surface area contributed by atoms with Gasteiger partial charge in [0.1, 0.15) is 23.4 Å². The fourth-order valence-electron chi connectivity index (χ4n) is 3.83. The number of hydrogen-bond acceptors (Lipinski definition) is 7. The summed E-state index contributed by atoms with van der Waals surface area (Å²) in [5.74, 6) is 1.59. The summed E-state index contributed by atoms with van der Waals surface area (Å²) in [6.07, 6.45) is 4.63. The van der Waals surface area contributed by atoms with Gasteiger partial charge in [-0.3, -0.25) is 9.36 Å². The minimum absolute atomic E-state index is 0.128. The quantitative estimate of drug-likeness (QED) is 0.255. The summed E-state index contributed by atoms with van der Waals surface area (Å²) < 4.78 is 7.62. The number of thioether (sulfide) groups is 1. The maximum absolute atomic E-state index is 12.7. The first kappa shape index (κ1) is 25.6. The molecule has 1 amide bonds. The number of amides is 1. The van der Waals surface area contributed by atoms with Gasteiger partial charge >= 0.3 is 0 Å². The van der Waals surface area contributed by atoms with Crippen molar-refractivity contribution in [2.75, 3.05) is 11.1 Å². The molecule has 2 heterocycles. The number of carbonyl (C=O) groups excluding carboxylic acids is 1. The van der Waals surface area contributed by atoms with Gasteiger partial charge in [0.2, 0.25) is 5.91 Å². The van der Waals surface area contributed by atoms with E-state index in [2.05, 4.69) is 35.1 Å². The van der Waals surface area contributed by atoms with Crippen molar-refractivity contribution in [2.45, 2.75) is 44.5 Å². The molecule has 0 saturated carbocycles. The molecule has 1 aliphatic carbocycles. The van der Waals surface area contributed by atoms with Crippen molar-refractivity contribution in [2.24, 2.45) is 5.92 Å². The number of ether oxygens (including phenoxy) is 1. The molecule has 1 aromatic carbocycles. The van der Waals surface area contributed by atoms with Crippen molar-refractivity contribution < 1.29 is 9.53 Å². The average molecular weight is 549 g/mol. The number of benzene rings is 1. The van der Waals surface area contributed by atoms with Gasteiger partial charge in [0, 0.05) is 16.4 Å². The lowest BCUT2D eigenvalue weighted by Gasteiger charge is -2.17. The van der Waals surface area contributed by atoms with Gasteiger partial charge in [-0.05, 0) is 48.9 Å². The zero-order valence-electron chi connectivity index (χ0n) is 19.0. The van der Waals surface area contributed by atoms with E-state index < -0.39 is 0 Å². The van der Waals surface area contributed by atoms with Crippen LogP contribution in [-0.4, -0.2) is 26.4 Å². The first-order valence-corrected chi connectivity index (χ1v) is 13.5. The first-order chi connectivity index (χ1) is 16.9. The summed E-state index contributed by atoms with van der Waals surface area (Å²) in [5.41, 5.74) is 1.69. The SMILES string of the molecule is C=CCn1c(COc2ccc(Cl)cc2Cl)nnc1SCC(=O)Nc1sc2c(c1C#N)CCC(C)C2. The van der Waals surface area contributed by atoms with Crippen molar-refractivity contribution in [1.29, 1.82) is 5.26 Å². The van der Waals surface area contributed by atoms with Crippen LogP contribution in [0.5, 0.6) is 5.75 Å². The number of hydrogen-bond donors (Lipinski definition) is 1.